The van der Waals surface area contributed by atoms with E-state index in [2.05, 4.69) is 15.6 Å². The van der Waals surface area contributed by atoms with Crippen LogP contribution in [0.5, 0.6) is 0 Å². The third kappa shape index (κ3) is 5.68. The Labute approximate surface area is 210 Å². The molecule has 1 aliphatic rings. The molecule has 3 aromatic rings. The number of amides is 3. The van der Waals surface area contributed by atoms with Gasteiger partial charge in [-0.1, -0.05) is 48.5 Å². The Hall–Kier alpha value is -3.85. The number of carbonyl (C=O) groups excluding carboxylic acids is 3. The Balaban J connectivity index is 1.69. The van der Waals surface area contributed by atoms with Crippen LogP contribution in [-0.2, 0) is 20.7 Å². The molecule has 36 heavy (non-hydrogen) atoms. The Kier molecular flexibility index (Phi) is 7.30. The molecule has 0 aliphatic carbocycles. The molecule has 2 heterocycles. The Morgan fingerprint density at radius 3 is 2.50 bits per heavy atom. The Morgan fingerprint density at radius 2 is 1.81 bits per heavy atom. The van der Waals surface area contributed by atoms with Crippen molar-refractivity contribution >= 4 is 29.0 Å². The predicted molar refractivity (Wildman–Crippen MR) is 135 cm³/mol. The van der Waals surface area contributed by atoms with Gasteiger partial charge < -0.3 is 19.8 Å². The highest BCUT2D eigenvalue weighted by Crippen LogP contribution is 2.26. The van der Waals surface area contributed by atoms with Crippen molar-refractivity contribution in [2.45, 2.75) is 50.9 Å². The van der Waals surface area contributed by atoms with Gasteiger partial charge in [-0.3, -0.25) is 10.1 Å². The van der Waals surface area contributed by atoms with E-state index < -0.39 is 41.8 Å². The lowest BCUT2D eigenvalue weighted by atomic mass is 9.93. The number of carbonyl (C=O) groups is 3. The number of rotatable bonds is 5. The number of aromatic nitrogens is 1. The van der Waals surface area contributed by atoms with E-state index >= 15 is 0 Å². The number of methoxy groups -OCH3 is 1. The number of fused-ring (bicyclic) bond motifs is 1. The second-order valence-corrected chi connectivity index (χ2v) is 9.85. The lowest BCUT2D eigenvalue weighted by Crippen LogP contribution is -2.64. The largest absolute Gasteiger partial charge is 0.452 e. The number of piperazine rings is 1. The van der Waals surface area contributed by atoms with Gasteiger partial charge in [-0.25, -0.2) is 14.5 Å². The van der Waals surface area contributed by atoms with E-state index in [1.807, 2.05) is 60.8 Å². The average molecular weight is 493 g/mol. The van der Waals surface area contributed by atoms with Gasteiger partial charge in [-0.05, 0) is 44.4 Å². The van der Waals surface area contributed by atoms with Crippen LogP contribution in [-0.4, -0.2) is 59.3 Å². The predicted octanol–water partition coefficient (Wildman–Crippen LogP) is 3.91. The minimum Gasteiger partial charge on any atom is -0.452 e. The van der Waals surface area contributed by atoms with Crippen molar-refractivity contribution in [1.82, 2.24) is 20.5 Å². The third-order valence-electron chi connectivity index (χ3n) is 6.10. The maximum atomic E-state index is 13.2. The summed E-state index contributed by atoms with van der Waals surface area (Å²) in [5.41, 5.74) is 2.00. The van der Waals surface area contributed by atoms with Crippen LogP contribution in [0.4, 0.5) is 9.59 Å². The molecule has 3 amide bonds. The summed E-state index contributed by atoms with van der Waals surface area (Å²) in [6.45, 7) is 5.41. The number of hydrogen-bond donors (Lipinski definition) is 3. The van der Waals surface area contributed by atoms with Gasteiger partial charge in [0.2, 0.25) is 0 Å². The fourth-order valence-electron chi connectivity index (χ4n) is 4.47. The standard InChI is InChI=1S/C27H32N4O5/c1-27(2,3)36-25(33)30-21(14-18-15-28-20-13-9-8-12-19(18)20)22-16-31(26(34)35-4)24(32)23(29-22)17-10-6-5-7-11-17/h5-13,15,21-23,28-29H,14,16H2,1-4H3,(H,30,33)/t21-,22-,23-/m0/s1. The van der Waals surface area contributed by atoms with E-state index in [0.29, 0.717) is 12.0 Å². The summed E-state index contributed by atoms with van der Waals surface area (Å²) >= 11 is 0. The smallest absolute Gasteiger partial charge is 0.416 e. The maximum Gasteiger partial charge on any atom is 0.416 e. The topological polar surface area (TPSA) is 113 Å². The maximum absolute atomic E-state index is 13.2. The monoisotopic (exact) mass is 492 g/mol. The Morgan fingerprint density at radius 1 is 1.11 bits per heavy atom. The van der Waals surface area contributed by atoms with Crippen LogP contribution in [0.2, 0.25) is 0 Å². The van der Waals surface area contributed by atoms with Crippen molar-refractivity contribution < 1.29 is 23.9 Å². The number of alkyl carbamates (subject to hydrolysis) is 1. The normalized spacial score (nSPS) is 19.1. The number of ether oxygens (including phenoxy) is 2. The zero-order valence-electron chi connectivity index (χ0n) is 20.9. The number of hydrogen-bond acceptors (Lipinski definition) is 6. The van der Waals surface area contributed by atoms with Crippen LogP contribution < -0.4 is 10.6 Å². The molecule has 3 N–H and O–H groups in total. The molecule has 0 unspecified atom stereocenters. The van der Waals surface area contributed by atoms with E-state index in [4.69, 9.17) is 9.47 Å². The first-order chi connectivity index (χ1) is 17.2. The summed E-state index contributed by atoms with van der Waals surface area (Å²) in [6, 6.07) is 15.3. The van der Waals surface area contributed by atoms with Crippen molar-refractivity contribution in [3.63, 3.8) is 0 Å². The van der Waals surface area contributed by atoms with E-state index in [9.17, 15) is 14.4 Å². The molecule has 0 saturated carbocycles. The number of nitrogens with zero attached hydrogens (tertiary/aromatic N) is 1. The molecular weight excluding hydrogens is 460 g/mol. The molecule has 1 saturated heterocycles. The molecule has 0 bridgehead atoms. The number of H-pyrrole nitrogens is 1. The van der Waals surface area contributed by atoms with Crippen LogP contribution in [0.3, 0.4) is 0 Å². The van der Waals surface area contributed by atoms with Crippen molar-refractivity contribution in [2.24, 2.45) is 0 Å². The molecule has 0 radical (unpaired) electrons. The number of imide groups is 1. The highest BCUT2D eigenvalue weighted by molar-refractivity contribution is 5.96. The van der Waals surface area contributed by atoms with Gasteiger partial charge in [0.1, 0.15) is 11.6 Å². The van der Waals surface area contributed by atoms with Gasteiger partial charge in [-0.2, -0.15) is 0 Å². The molecule has 1 fully saturated rings. The molecule has 0 spiro atoms. The third-order valence-corrected chi connectivity index (χ3v) is 6.10. The van der Waals surface area contributed by atoms with Crippen LogP contribution in [0.15, 0.2) is 60.8 Å². The van der Waals surface area contributed by atoms with Crippen molar-refractivity contribution in [1.29, 1.82) is 0 Å². The van der Waals surface area contributed by atoms with Crippen molar-refractivity contribution in [3.05, 3.63) is 71.9 Å². The summed E-state index contributed by atoms with van der Waals surface area (Å²) in [5, 5.41) is 7.39. The zero-order valence-corrected chi connectivity index (χ0v) is 20.9. The second kappa shape index (κ2) is 10.4. The van der Waals surface area contributed by atoms with E-state index in [0.717, 1.165) is 21.4 Å². The molecule has 3 atom stereocenters. The summed E-state index contributed by atoms with van der Waals surface area (Å²) in [5.74, 6) is -0.410. The lowest BCUT2D eigenvalue weighted by Gasteiger charge is -2.40. The SMILES string of the molecule is COC(=O)N1C[C@@H]([C@H](Cc2c[nH]c3ccccc23)NC(=O)OC(C)(C)C)N[C@@H](c2ccccc2)C1=O. The summed E-state index contributed by atoms with van der Waals surface area (Å²) in [7, 11) is 1.24. The highest BCUT2D eigenvalue weighted by Gasteiger charge is 2.42. The van der Waals surface area contributed by atoms with Gasteiger partial charge in [0, 0.05) is 29.7 Å². The lowest BCUT2D eigenvalue weighted by molar-refractivity contribution is -0.135. The van der Waals surface area contributed by atoms with Gasteiger partial charge in [0.25, 0.3) is 5.91 Å². The number of aromatic amines is 1. The molecule has 9 heteroatoms. The highest BCUT2D eigenvalue weighted by atomic mass is 16.6. The van der Waals surface area contributed by atoms with Gasteiger partial charge in [0.15, 0.2) is 0 Å². The number of nitrogens with one attached hydrogen (secondary N) is 3. The number of benzene rings is 2. The fraction of sp³-hybridized carbons (Fsp3) is 0.370. The quantitative estimate of drug-likeness (QED) is 0.498. The number of para-hydroxylation sites is 1. The average Bonchev–Trinajstić information content (AvgIpc) is 3.25. The first kappa shape index (κ1) is 25.2. The van der Waals surface area contributed by atoms with E-state index in [1.54, 1.807) is 20.8 Å². The van der Waals surface area contributed by atoms with Crippen LogP contribution in [0.25, 0.3) is 10.9 Å². The molecule has 190 valence electrons. The molecule has 1 aromatic heterocycles. The summed E-state index contributed by atoms with van der Waals surface area (Å²) in [4.78, 5) is 43.0. The second-order valence-electron chi connectivity index (χ2n) is 9.85. The van der Waals surface area contributed by atoms with Crippen LogP contribution in [0, 0.1) is 0 Å². The molecule has 4 rings (SSSR count). The first-order valence-electron chi connectivity index (χ1n) is 11.9. The van der Waals surface area contributed by atoms with E-state index in [1.165, 1.54) is 7.11 Å². The zero-order chi connectivity index (χ0) is 25.9. The molecular formula is C27H32N4O5. The van der Waals surface area contributed by atoms with Gasteiger partial charge >= 0.3 is 12.2 Å². The molecule has 9 nitrogen and oxygen atoms in total. The molecule has 2 aromatic carbocycles. The van der Waals surface area contributed by atoms with Crippen LogP contribution >= 0.6 is 0 Å². The summed E-state index contributed by atoms with van der Waals surface area (Å²) < 4.78 is 10.4. The Bertz CT molecular complexity index is 1230. The van der Waals surface area contributed by atoms with Crippen molar-refractivity contribution in [2.75, 3.05) is 13.7 Å². The van der Waals surface area contributed by atoms with Crippen molar-refractivity contribution in [3.8, 4) is 0 Å². The van der Waals surface area contributed by atoms with E-state index in [-0.39, 0.29) is 6.54 Å². The molecule has 1 aliphatic heterocycles. The van der Waals surface area contributed by atoms with Crippen LogP contribution in [0.1, 0.15) is 37.9 Å². The summed E-state index contributed by atoms with van der Waals surface area (Å²) in [6.07, 6.45) is 1.03. The first-order valence-corrected chi connectivity index (χ1v) is 11.9. The minimum absolute atomic E-state index is 0.0255. The van der Waals surface area contributed by atoms with Gasteiger partial charge in [-0.15, -0.1) is 0 Å². The fourth-order valence-corrected chi connectivity index (χ4v) is 4.47. The van der Waals surface area contributed by atoms with Gasteiger partial charge in [0.05, 0.1) is 13.2 Å². The minimum atomic E-state index is -0.782.